The Morgan fingerprint density at radius 3 is 1.05 bits per heavy atom. The fraction of sp³-hybridized carbons (Fsp3) is 0.768. The zero-order chi connectivity index (χ0) is 74.1. The molecule has 5 rings (SSSR count). The summed E-state index contributed by atoms with van der Waals surface area (Å²) in [6.45, 7) is 32.4. The van der Waals surface area contributed by atoms with Crippen LogP contribution >= 0.6 is 11.3 Å². The highest BCUT2D eigenvalue weighted by molar-refractivity contribution is 7.98. The number of alkyl halides is 6. The number of hydrogen-bond acceptors (Lipinski definition) is 15. The van der Waals surface area contributed by atoms with E-state index in [1.807, 2.05) is 64.5 Å². The molecule has 1 unspecified atom stereocenters. The van der Waals surface area contributed by atoms with Crippen molar-refractivity contribution >= 4 is 26.7 Å². The minimum absolute atomic E-state index is 0.384. The van der Waals surface area contributed by atoms with Gasteiger partial charge >= 0.3 is 6.11 Å². The molecule has 0 bridgehead atoms. The monoisotopic (exact) mass is 1370 g/mol. The Morgan fingerprint density at radius 2 is 0.967 bits per heavy atom. The van der Waals surface area contributed by atoms with Gasteiger partial charge in [0.25, 0.3) is 0 Å². The molecule has 2 fully saturated rings. The third-order valence-corrected chi connectivity index (χ3v) is 8.53. The maximum Gasteiger partial charge on any atom is 0.352 e. The number of aromatic nitrogens is 1. The van der Waals surface area contributed by atoms with Gasteiger partial charge < -0.3 is 57.0 Å². The minimum atomic E-state index is -2.96. The second-order valence-corrected chi connectivity index (χ2v) is 25.3. The molecule has 0 spiro atoms. The second kappa shape index (κ2) is 93.6. The molecule has 1 aromatic heterocycles. The van der Waals surface area contributed by atoms with Crippen molar-refractivity contribution in [1.82, 2.24) is 9.88 Å². The van der Waals surface area contributed by atoms with Gasteiger partial charge in [0.2, 0.25) is 5.92 Å². The number of methoxy groups -OCH3 is 11. The molecule has 3 aromatic rings. The third-order valence-electron chi connectivity index (χ3n) is 7.83. The van der Waals surface area contributed by atoms with Crippen LogP contribution in [0, 0.1) is 25.7 Å². The van der Waals surface area contributed by atoms with Gasteiger partial charge in [-0.2, -0.15) is 8.78 Å². The van der Waals surface area contributed by atoms with Crippen molar-refractivity contribution in [3.05, 3.63) is 88.4 Å². The summed E-state index contributed by atoms with van der Waals surface area (Å²) in [6.07, 6.45) is 10.4. The lowest BCUT2D eigenvalue weighted by Crippen LogP contribution is -2.16. The predicted molar refractivity (Wildman–Crippen MR) is 383 cm³/mol. The zero-order valence-corrected chi connectivity index (χ0v) is 65.3. The Kier molecular flexibility index (Phi) is 119. The van der Waals surface area contributed by atoms with Crippen molar-refractivity contribution in [2.45, 2.75) is 192 Å². The quantitative estimate of drug-likeness (QED) is 0.0582. The topological polar surface area (TPSA) is 135 Å². The number of rotatable bonds is 16. The van der Waals surface area contributed by atoms with E-state index in [0.717, 1.165) is 64.0 Å². The first-order valence-corrected chi connectivity index (χ1v) is 33.9. The fourth-order valence-electron chi connectivity index (χ4n) is 2.93. The Labute approximate surface area is 561 Å². The Bertz CT molecular complexity index is 1670. The number of halogens is 6. The summed E-state index contributed by atoms with van der Waals surface area (Å²) in [5.41, 5.74) is 2.73. The Balaban J connectivity index is -0.0000000732. The van der Waals surface area contributed by atoms with Crippen LogP contribution in [0.3, 0.4) is 0 Å². The summed E-state index contributed by atoms with van der Waals surface area (Å²) in [5, 5.41) is 3.10. The van der Waals surface area contributed by atoms with Crippen LogP contribution < -0.4 is 0 Å². The lowest BCUT2D eigenvalue weighted by Gasteiger charge is -2.06. The van der Waals surface area contributed by atoms with Gasteiger partial charge in [-0.15, -0.1) is 11.3 Å². The molecule has 0 N–H and O–H groups in total. The second-order valence-electron chi connectivity index (χ2n) is 21.3. The Morgan fingerprint density at radius 1 is 0.637 bits per heavy atom. The standard InChI is InChI=1S/C8H10.C7H8.C5H13NO.C5H10O.C4H5NS.C4H10O2.C4H8O.C4H10O.2C4H10.C3H6F2O.C3H6F2.C3H7FO.C3H7F.C3H8O2.C3H8OS.C2H6O/c1-2-8-6-4-3-5-7-8;1-7-5-3-2-4-6-7;1-6(2)4-5-7-3;1-6-4-5-2-3-5;1-4-5-2-3-6-4;1-5-3-4-6-2;1-5-4-2-3-4;1-4(2)5-3;1-4(2)3;1-3-4-2;1-3(4,5)6-2;1-3(2,4)5;1-3(4)5-2;1-3(2)4;1-4-3-5-2;1-5(2,3)4;1-3-2/h3-7H,2H2,1H3;2-6H,1H3;4-5H2,1-3H3;5H,2-4H2,1H3;2-3H,1H3;3-4H2,1-2H3;4H,2-3H2,1H3;4H,1-3H3;4H,1-3H3;3-4H2,1-2H3;1-2H3;1-2H3;3H,1-2H3;3H,1-2H3;3H2,1-2H3;1H2,2-3H3;1-2H3. The van der Waals surface area contributed by atoms with Crippen LogP contribution in [0.25, 0.3) is 0 Å². The molecule has 91 heavy (non-hydrogen) atoms. The molecule has 0 radical (unpaired) electrons. The number of benzene rings is 2. The van der Waals surface area contributed by atoms with Crippen LogP contribution in [-0.2, 0) is 68.0 Å². The molecule has 2 saturated carbocycles. The molecule has 554 valence electrons. The van der Waals surface area contributed by atoms with Crippen LogP contribution in [-0.4, -0.2) is 208 Å². The predicted octanol–water partition coefficient (Wildman–Crippen LogP) is 18.2. The van der Waals surface area contributed by atoms with Crippen LogP contribution in [0.5, 0.6) is 0 Å². The van der Waals surface area contributed by atoms with E-state index in [0.29, 0.717) is 39.1 Å². The van der Waals surface area contributed by atoms with E-state index in [1.54, 1.807) is 101 Å². The number of aryl methyl sites for hydroxylation is 3. The molecule has 1 heterocycles. The van der Waals surface area contributed by atoms with Crippen molar-refractivity contribution in [3.8, 4) is 0 Å². The van der Waals surface area contributed by atoms with Crippen molar-refractivity contribution in [2.75, 3.05) is 152 Å². The van der Waals surface area contributed by atoms with Gasteiger partial charge in [-0.05, 0) is 141 Å². The molecule has 0 amide bonds. The molecule has 2 aromatic carbocycles. The number of ether oxygens (including phenoxy) is 11. The number of nitrogens with zero attached hydrogens (tertiary/aromatic N) is 2. The maximum atomic E-state index is 11.2. The average Bonchev–Trinajstić information content (AvgIpc) is 4.60. The maximum absolute atomic E-state index is 11.2. The molecular weight excluding hydrogens is 1230 g/mol. The molecular formula is C69H142F6N2O12S2. The number of thiazole rings is 1. The lowest BCUT2D eigenvalue weighted by atomic mass is 10.2. The van der Waals surface area contributed by atoms with E-state index in [9.17, 15) is 30.6 Å². The summed E-state index contributed by atoms with van der Waals surface area (Å²) in [4.78, 5) is 6.02. The van der Waals surface area contributed by atoms with E-state index in [2.05, 4.69) is 134 Å². The number of unbranched alkanes of at least 4 members (excludes halogenated alkanes) is 1. The van der Waals surface area contributed by atoms with Crippen molar-refractivity contribution in [1.29, 1.82) is 0 Å². The Hall–Kier alpha value is -2.81. The molecule has 2 aliphatic carbocycles. The number of likely N-dealkylation sites (N-methyl/N-ethyl adjacent to an activating group) is 1. The van der Waals surface area contributed by atoms with Gasteiger partial charge in [-0.1, -0.05) is 121 Å². The van der Waals surface area contributed by atoms with Crippen LogP contribution in [0.1, 0.15) is 152 Å². The highest BCUT2D eigenvalue weighted by atomic mass is 32.2. The molecule has 2 aliphatic rings. The van der Waals surface area contributed by atoms with E-state index in [4.69, 9.17) is 18.9 Å². The van der Waals surface area contributed by atoms with Gasteiger partial charge in [0, 0.05) is 129 Å². The van der Waals surface area contributed by atoms with Crippen LogP contribution in [0.4, 0.5) is 26.3 Å². The smallest absolute Gasteiger partial charge is 0.352 e. The van der Waals surface area contributed by atoms with E-state index >= 15 is 0 Å². The molecule has 22 heteroatoms. The third kappa shape index (κ3) is 251. The number of hydrogen-bond donors (Lipinski definition) is 0. The van der Waals surface area contributed by atoms with E-state index < -0.39 is 34.1 Å². The van der Waals surface area contributed by atoms with Crippen LogP contribution in [0.2, 0.25) is 0 Å². The van der Waals surface area contributed by atoms with Crippen molar-refractivity contribution < 1.29 is 82.7 Å². The first-order valence-electron chi connectivity index (χ1n) is 30.4. The summed E-state index contributed by atoms with van der Waals surface area (Å²) in [5.74, 6) is 2.56. The van der Waals surface area contributed by atoms with E-state index in [-0.39, 0.29) is 0 Å². The molecule has 0 aliphatic heterocycles. The zero-order valence-electron chi connectivity index (χ0n) is 63.7. The first-order chi connectivity index (χ1) is 42.1. The average molecular weight is 1370 g/mol. The van der Waals surface area contributed by atoms with Crippen molar-refractivity contribution in [2.24, 2.45) is 11.8 Å². The summed E-state index contributed by atoms with van der Waals surface area (Å²) >= 11 is 1.67. The molecule has 14 nitrogen and oxygen atoms in total. The van der Waals surface area contributed by atoms with Crippen LogP contribution in [0.15, 0.2) is 72.2 Å². The summed E-state index contributed by atoms with van der Waals surface area (Å²) in [6, 6.07) is 20.7. The normalized spacial score (nSPS) is 11.4. The highest BCUT2D eigenvalue weighted by Gasteiger charge is 2.20. The SMILES string of the molecule is C=S(C)(C)=O.CC(C)(F)F.CC(C)C.CC(C)F.CCCC.CCc1ccccc1.COC.COC(C)(F)F.COC(C)C.COC(C)F.COC1CC1.COCC1CC1.COCCN(C)C.COCCOC.COCOC.Cc1ccccc1.Cc1nccs1. The van der Waals surface area contributed by atoms with Gasteiger partial charge in [0.1, 0.15) is 6.79 Å². The molecule has 0 saturated heterocycles. The minimum Gasteiger partial charge on any atom is -0.388 e. The first kappa shape index (κ1) is 115. The van der Waals surface area contributed by atoms with Crippen molar-refractivity contribution in [3.63, 3.8) is 0 Å². The molecule has 1 atom stereocenters. The van der Waals surface area contributed by atoms with E-state index in [1.165, 1.54) is 77.5 Å². The largest absolute Gasteiger partial charge is 0.388 e. The van der Waals surface area contributed by atoms with Gasteiger partial charge in [0.15, 0.2) is 6.36 Å². The lowest BCUT2D eigenvalue weighted by molar-refractivity contribution is -0.205. The van der Waals surface area contributed by atoms with Gasteiger partial charge in [-0.25, -0.2) is 17.6 Å². The fourth-order valence-corrected chi connectivity index (χ4v) is 3.37. The van der Waals surface area contributed by atoms with Gasteiger partial charge in [0.05, 0.1) is 43.2 Å². The van der Waals surface area contributed by atoms with Gasteiger partial charge in [-0.3, -0.25) is 9.19 Å². The summed E-state index contributed by atoms with van der Waals surface area (Å²) < 4.78 is 126. The highest BCUT2D eigenvalue weighted by Crippen LogP contribution is 2.28. The summed E-state index contributed by atoms with van der Waals surface area (Å²) in [7, 11) is 21.3.